The predicted octanol–water partition coefficient (Wildman–Crippen LogP) is 1.26. The van der Waals surface area contributed by atoms with Gasteiger partial charge < -0.3 is 5.32 Å². The fourth-order valence-electron chi connectivity index (χ4n) is 2.55. The number of carbonyl (C=O) groups is 1. The lowest BCUT2D eigenvalue weighted by Crippen LogP contribution is -2.35. The van der Waals surface area contributed by atoms with E-state index in [-0.39, 0.29) is 28.4 Å². The molecule has 0 saturated heterocycles. The molecule has 29 heavy (non-hydrogen) atoms. The molecule has 10 heteroatoms. The normalized spacial score (nSPS) is 12.2. The Balaban J connectivity index is 1.99. The minimum Gasteiger partial charge on any atom is -0.351 e. The van der Waals surface area contributed by atoms with Gasteiger partial charge in [0.05, 0.1) is 9.79 Å². The van der Waals surface area contributed by atoms with Crippen LogP contribution in [0.4, 0.5) is 0 Å². The van der Waals surface area contributed by atoms with Gasteiger partial charge in [-0.2, -0.15) is 0 Å². The summed E-state index contributed by atoms with van der Waals surface area (Å²) in [4.78, 5) is 12.5. The van der Waals surface area contributed by atoms with Crippen LogP contribution in [0.5, 0.6) is 0 Å². The maximum Gasteiger partial charge on any atom is 0.251 e. The Morgan fingerprint density at radius 1 is 0.966 bits per heavy atom. The summed E-state index contributed by atoms with van der Waals surface area (Å²) in [5, 5.41) is 2.58. The van der Waals surface area contributed by atoms with Gasteiger partial charge in [0.25, 0.3) is 5.91 Å². The van der Waals surface area contributed by atoms with Crippen molar-refractivity contribution in [3.8, 4) is 0 Å². The van der Waals surface area contributed by atoms with E-state index in [9.17, 15) is 21.6 Å². The first-order valence-corrected chi connectivity index (χ1v) is 11.7. The molecule has 0 fully saturated rings. The summed E-state index contributed by atoms with van der Waals surface area (Å²) >= 11 is 0. The molecule has 0 saturated carbocycles. The van der Waals surface area contributed by atoms with E-state index in [0.717, 1.165) is 9.87 Å². The van der Waals surface area contributed by atoms with Crippen molar-refractivity contribution in [2.45, 2.75) is 23.6 Å². The van der Waals surface area contributed by atoms with Crippen LogP contribution in [0.25, 0.3) is 0 Å². The van der Waals surface area contributed by atoms with Crippen LogP contribution in [0.2, 0.25) is 0 Å². The minimum atomic E-state index is -3.70. The summed E-state index contributed by atoms with van der Waals surface area (Å²) in [6.07, 6.45) is 0. The van der Waals surface area contributed by atoms with E-state index in [1.54, 1.807) is 19.1 Å². The highest BCUT2D eigenvalue weighted by molar-refractivity contribution is 7.89. The van der Waals surface area contributed by atoms with Crippen LogP contribution in [0.15, 0.2) is 52.3 Å². The zero-order chi connectivity index (χ0) is 21.8. The van der Waals surface area contributed by atoms with Crippen molar-refractivity contribution in [2.75, 3.05) is 27.2 Å². The maximum absolute atomic E-state index is 12.4. The Morgan fingerprint density at radius 2 is 1.66 bits per heavy atom. The Morgan fingerprint density at radius 3 is 2.31 bits per heavy atom. The number of amides is 1. The molecule has 2 aromatic carbocycles. The van der Waals surface area contributed by atoms with Gasteiger partial charge in [0, 0.05) is 32.7 Å². The topological polar surface area (TPSA) is 113 Å². The van der Waals surface area contributed by atoms with E-state index < -0.39 is 26.0 Å². The summed E-state index contributed by atoms with van der Waals surface area (Å²) in [6, 6.07) is 10.8. The van der Waals surface area contributed by atoms with E-state index in [0.29, 0.717) is 5.56 Å². The second kappa shape index (κ2) is 9.04. The molecular formula is C19H25N3O5S2. The van der Waals surface area contributed by atoms with Crippen LogP contribution in [0.3, 0.4) is 0 Å². The van der Waals surface area contributed by atoms with Crippen molar-refractivity contribution in [1.82, 2.24) is 14.3 Å². The van der Waals surface area contributed by atoms with Crippen LogP contribution in [0.1, 0.15) is 21.5 Å². The molecule has 0 aliphatic carbocycles. The molecule has 1 amide bonds. The van der Waals surface area contributed by atoms with Crippen LogP contribution >= 0.6 is 0 Å². The van der Waals surface area contributed by atoms with Crippen molar-refractivity contribution < 1.29 is 21.6 Å². The largest absolute Gasteiger partial charge is 0.351 e. The Kier molecular flexibility index (Phi) is 7.17. The lowest BCUT2D eigenvalue weighted by molar-refractivity contribution is 0.0954. The quantitative estimate of drug-likeness (QED) is 0.602. The third-order valence-electron chi connectivity index (χ3n) is 4.21. The van der Waals surface area contributed by atoms with E-state index in [2.05, 4.69) is 10.0 Å². The third kappa shape index (κ3) is 5.63. The highest BCUT2D eigenvalue weighted by Crippen LogP contribution is 2.16. The Hall–Kier alpha value is -2.27. The zero-order valence-electron chi connectivity index (χ0n) is 16.8. The standard InChI is InChI=1S/C19H25N3O5S2/c1-14-8-9-15(2)18(12-14)28(24,25)21-11-10-20-19(23)16-6-5-7-17(13-16)29(26,27)22(3)4/h5-9,12-13,21H,10-11H2,1-4H3,(H,20,23). The predicted molar refractivity (Wildman–Crippen MR) is 111 cm³/mol. The fraction of sp³-hybridized carbons (Fsp3) is 0.316. The number of sulfonamides is 2. The molecule has 0 heterocycles. The zero-order valence-corrected chi connectivity index (χ0v) is 18.4. The summed E-state index contributed by atoms with van der Waals surface area (Å²) in [7, 11) is -4.54. The minimum absolute atomic E-state index is 0.00283. The number of benzene rings is 2. The van der Waals surface area contributed by atoms with E-state index >= 15 is 0 Å². The molecule has 0 bridgehead atoms. The molecule has 0 spiro atoms. The molecule has 2 rings (SSSR count). The molecule has 0 aliphatic rings. The molecule has 158 valence electrons. The van der Waals surface area contributed by atoms with Gasteiger partial charge in [-0.1, -0.05) is 18.2 Å². The Labute approximate surface area is 172 Å². The maximum atomic E-state index is 12.4. The number of rotatable bonds is 8. The van der Waals surface area contributed by atoms with Gasteiger partial charge in [0.1, 0.15) is 0 Å². The number of aryl methyl sites for hydroxylation is 2. The third-order valence-corrected chi connectivity index (χ3v) is 7.62. The van der Waals surface area contributed by atoms with Gasteiger partial charge in [0.2, 0.25) is 20.0 Å². The average Bonchev–Trinajstić information content (AvgIpc) is 2.66. The smallest absolute Gasteiger partial charge is 0.251 e. The van der Waals surface area contributed by atoms with Crippen LogP contribution in [-0.2, 0) is 20.0 Å². The van der Waals surface area contributed by atoms with Crippen LogP contribution in [-0.4, -0.2) is 54.2 Å². The van der Waals surface area contributed by atoms with Crippen molar-refractivity contribution in [2.24, 2.45) is 0 Å². The van der Waals surface area contributed by atoms with Crippen LogP contribution < -0.4 is 10.0 Å². The van der Waals surface area contributed by atoms with Crippen molar-refractivity contribution in [3.63, 3.8) is 0 Å². The van der Waals surface area contributed by atoms with Crippen molar-refractivity contribution >= 4 is 26.0 Å². The number of nitrogens with zero attached hydrogens (tertiary/aromatic N) is 1. The van der Waals surface area contributed by atoms with Gasteiger partial charge >= 0.3 is 0 Å². The van der Waals surface area contributed by atoms with Crippen molar-refractivity contribution in [3.05, 3.63) is 59.2 Å². The molecule has 2 aromatic rings. The molecule has 0 unspecified atom stereocenters. The number of hydrogen-bond acceptors (Lipinski definition) is 5. The average molecular weight is 440 g/mol. The summed E-state index contributed by atoms with van der Waals surface area (Å²) in [6.45, 7) is 3.57. The van der Waals surface area contributed by atoms with Gasteiger partial charge in [-0.25, -0.2) is 25.9 Å². The molecule has 8 nitrogen and oxygen atoms in total. The molecule has 2 N–H and O–H groups in total. The monoisotopic (exact) mass is 439 g/mol. The lowest BCUT2D eigenvalue weighted by Gasteiger charge is -2.13. The Bertz CT molecular complexity index is 1110. The molecule has 0 aliphatic heterocycles. The van der Waals surface area contributed by atoms with Gasteiger partial charge in [-0.05, 0) is 49.2 Å². The van der Waals surface area contributed by atoms with E-state index in [1.807, 2.05) is 13.0 Å². The molecular weight excluding hydrogens is 414 g/mol. The molecule has 0 radical (unpaired) electrons. The first-order chi connectivity index (χ1) is 13.4. The van der Waals surface area contributed by atoms with Crippen LogP contribution in [0, 0.1) is 13.8 Å². The summed E-state index contributed by atoms with van der Waals surface area (Å²) in [5.41, 5.74) is 1.63. The number of hydrogen-bond donors (Lipinski definition) is 2. The molecule has 0 aromatic heterocycles. The molecule has 0 atom stereocenters. The second-order valence-corrected chi connectivity index (χ2v) is 10.6. The number of nitrogens with one attached hydrogen (secondary N) is 2. The first kappa shape index (κ1) is 23.0. The summed E-state index contributed by atoms with van der Waals surface area (Å²) in [5.74, 6) is -0.494. The van der Waals surface area contributed by atoms with E-state index in [1.165, 1.54) is 38.4 Å². The SMILES string of the molecule is Cc1ccc(C)c(S(=O)(=O)NCCNC(=O)c2cccc(S(=O)(=O)N(C)C)c2)c1. The first-order valence-electron chi connectivity index (χ1n) is 8.83. The van der Waals surface area contributed by atoms with Gasteiger partial charge in [0.15, 0.2) is 0 Å². The fourth-order valence-corrected chi connectivity index (χ4v) is 4.85. The van der Waals surface area contributed by atoms with Gasteiger partial charge in [-0.3, -0.25) is 4.79 Å². The lowest BCUT2D eigenvalue weighted by atomic mass is 10.2. The summed E-state index contributed by atoms with van der Waals surface area (Å²) < 4.78 is 52.8. The van der Waals surface area contributed by atoms with Gasteiger partial charge in [-0.15, -0.1) is 0 Å². The van der Waals surface area contributed by atoms with Crippen molar-refractivity contribution in [1.29, 1.82) is 0 Å². The highest BCUT2D eigenvalue weighted by atomic mass is 32.2. The highest BCUT2D eigenvalue weighted by Gasteiger charge is 2.19. The van der Waals surface area contributed by atoms with E-state index in [4.69, 9.17) is 0 Å². The number of carbonyl (C=O) groups excluding carboxylic acids is 1. The second-order valence-electron chi connectivity index (χ2n) is 6.74.